The highest BCUT2D eigenvalue weighted by atomic mass is 16.3. The second-order valence-corrected chi connectivity index (χ2v) is 4.24. The van der Waals surface area contributed by atoms with Gasteiger partial charge in [0.15, 0.2) is 0 Å². The molecular weight excluding hydrogens is 166 g/mol. The van der Waals surface area contributed by atoms with Gasteiger partial charge in [0.2, 0.25) is 0 Å². The van der Waals surface area contributed by atoms with Crippen molar-refractivity contribution in [3.8, 4) is 0 Å². The van der Waals surface area contributed by atoms with Crippen LogP contribution in [-0.2, 0) is 0 Å². The van der Waals surface area contributed by atoms with Gasteiger partial charge in [0, 0.05) is 26.2 Å². The molecule has 0 fully saturated rings. The first-order valence-corrected chi connectivity index (χ1v) is 4.63. The number of hydrogen-bond acceptors (Lipinski definition) is 4. The van der Waals surface area contributed by atoms with Crippen molar-refractivity contribution in [2.75, 3.05) is 47.3 Å². The number of hydrogen-bond donors (Lipinski definition) is 2. The van der Waals surface area contributed by atoms with Crippen molar-refractivity contribution in [3.05, 3.63) is 0 Å². The first kappa shape index (κ1) is 12.8. The molecule has 0 aliphatic heterocycles. The molecule has 0 spiro atoms. The molecule has 0 aromatic carbocycles. The number of rotatable bonds is 6. The van der Waals surface area contributed by atoms with Gasteiger partial charge in [-0.2, -0.15) is 0 Å². The van der Waals surface area contributed by atoms with Crippen LogP contribution in [-0.4, -0.2) is 67.8 Å². The van der Waals surface area contributed by atoms with E-state index >= 15 is 0 Å². The summed E-state index contributed by atoms with van der Waals surface area (Å²) in [7, 11) is 6.07. The van der Waals surface area contributed by atoms with Crippen LogP contribution in [0.25, 0.3) is 0 Å². The van der Waals surface area contributed by atoms with Crippen molar-refractivity contribution in [2.45, 2.75) is 12.5 Å². The number of aliphatic hydroxyl groups is 1. The second kappa shape index (κ2) is 5.54. The summed E-state index contributed by atoms with van der Waals surface area (Å²) in [6.07, 6.45) is 0. The van der Waals surface area contributed by atoms with Gasteiger partial charge in [-0.25, -0.2) is 0 Å². The van der Waals surface area contributed by atoms with Crippen molar-refractivity contribution >= 4 is 0 Å². The summed E-state index contributed by atoms with van der Waals surface area (Å²) >= 11 is 0. The fourth-order valence-corrected chi connectivity index (χ4v) is 1.10. The van der Waals surface area contributed by atoms with Crippen LogP contribution in [0.4, 0.5) is 0 Å². The van der Waals surface area contributed by atoms with Gasteiger partial charge < -0.3 is 20.6 Å². The number of likely N-dealkylation sites (N-methyl/N-ethyl adjacent to an activating group) is 2. The third-order valence-corrected chi connectivity index (χ3v) is 1.98. The lowest BCUT2D eigenvalue weighted by Crippen LogP contribution is -2.46. The van der Waals surface area contributed by atoms with Crippen LogP contribution in [0.15, 0.2) is 0 Å². The van der Waals surface area contributed by atoms with Gasteiger partial charge in [0.1, 0.15) is 0 Å². The first-order chi connectivity index (χ1) is 5.87. The highest BCUT2D eigenvalue weighted by Crippen LogP contribution is 2.02. The fourth-order valence-electron chi connectivity index (χ4n) is 1.10. The summed E-state index contributed by atoms with van der Waals surface area (Å²) in [4.78, 5) is 4.21. The fraction of sp³-hybridized carbons (Fsp3) is 1.00. The zero-order chi connectivity index (χ0) is 10.5. The topological polar surface area (TPSA) is 52.7 Å². The summed E-state index contributed by atoms with van der Waals surface area (Å²) in [6, 6.07) is 0. The van der Waals surface area contributed by atoms with Crippen molar-refractivity contribution in [2.24, 2.45) is 5.73 Å². The molecule has 4 heteroatoms. The lowest BCUT2D eigenvalue weighted by atomic mass is 10.1. The van der Waals surface area contributed by atoms with Crippen molar-refractivity contribution in [1.82, 2.24) is 9.80 Å². The van der Waals surface area contributed by atoms with E-state index in [2.05, 4.69) is 9.80 Å². The van der Waals surface area contributed by atoms with E-state index in [-0.39, 0.29) is 0 Å². The van der Waals surface area contributed by atoms with E-state index in [0.717, 1.165) is 13.1 Å². The Balaban J connectivity index is 3.67. The molecule has 13 heavy (non-hydrogen) atoms. The highest BCUT2D eigenvalue weighted by Gasteiger charge is 2.19. The molecule has 0 saturated carbocycles. The van der Waals surface area contributed by atoms with E-state index < -0.39 is 5.60 Å². The zero-order valence-corrected chi connectivity index (χ0v) is 9.25. The Morgan fingerprint density at radius 3 is 2.15 bits per heavy atom. The molecule has 0 aromatic rings. The molecule has 1 atom stereocenters. The molecule has 0 radical (unpaired) electrons. The average molecular weight is 189 g/mol. The quantitative estimate of drug-likeness (QED) is 0.574. The van der Waals surface area contributed by atoms with Crippen molar-refractivity contribution in [1.29, 1.82) is 0 Å². The summed E-state index contributed by atoms with van der Waals surface area (Å²) in [5.74, 6) is 0. The maximum absolute atomic E-state index is 9.68. The van der Waals surface area contributed by atoms with Gasteiger partial charge in [-0.15, -0.1) is 0 Å². The Morgan fingerprint density at radius 2 is 1.77 bits per heavy atom. The molecular formula is C9H23N3O. The van der Waals surface area contributed by atoms with Gasteiger partial charge in [0.25, 0.3) is 0 Å². The highest BCUT2D eigenvalue weighted by molar-refractivity contribution is 4.77. The van der Waals surface area contributed by atoms with Gasteiger partial charge >= 0.3 is 0 Å². The Kier molecular flexibility index (Phi) is 5.48. The molecule has 0 heterocycles. The molecule has 1 unspecified atom stereocenters. The normalized spacial score (nSPS) is 16.6. The van der Waals surface area contributed by atoms with E-state index in [1.54, 1.807) is 6.92 Å². The van der Waals surface area contributed by atoms with E-state index in [0.29, 0.717) is 13.1 Å². The maximum atomic E-state index is 9.68. The van der Waals surface area contributed by atoms with Crippen LogP contribution in [0.1, 0.15) is 6.92 Å². The number of nitrogens with zero attached hydrogens (tertiary/aromatic N) is 2. The average Bonchev–Trinajstić information content (AvgIpc) is 2.00. The van der Waals surface area contributed by atoms with Gasteiger partial charge in [-0.1, -0.05) is 0 Å². The Labute approximate surface area is 81.3 Å². The largest absolute Gasteiger partial charge is 0.388 e. The molecule has 0 amide bonds. The monoisotopic (exact) mass is 189 g/mol. The van der Waals surface area contributed by atoms with Gasteiger partial charge in [0.05, 0.1) is 5.60 Å². The standard InChI is InChI=1S/C9H23N3O/c1-9(13,7-10)8-12(4)6-5-11(2)3/h13H,5-8,10H2,1-4H3. The molecule has 3 N–H and O–H groups in total. The molecule has 0 bridgehead atoms. The van der Waals surface area contributed by atoms with Crippen LogP contribution < -0.4 is 5.73 Å². The van der Waals surface area contributed by atoms with Crippen LogP contribution in [0.3, 0.4) is 0 Å². The minimum atomic E-state index is -0.763. The molecule has 0 aliphatic rings. The van der Waals surface area contributed by atoms with Crippen molar-refractivity contribution < 1.29 is 5.11 Å². The third kappa shape index (κ3) is 6.95. The zero-order valence-electron chi connectivity index (χ0n) is 9.25. The van der Waals surface area contributed by atoms with Gasteiger partial charge in [-0.3, -0.25) is 0 Å². The Bertz CT molecular complexity index is 137. The molecule has 0 saturated heterocycles. The lowest BCUT2D eigenvalue weighted by molar-refractivity contribution is 0.0338. The van der Waals surface area contributed by atoms with E-state index in [9.17, 15) is 5.11 Å². The predicted octanol–water partition coefficient (Wildman–Crippen LogP) is -0.810. The van der Waals surface area contributed by atoms with Crippen LogP contribution in [0.2, 0.25) is 0 Å². The van der Waals surface area contributed by atoms with Crippen molar-refractivity contribution in [3.63, 3.8) is 0 Å². The van der Waals surface area contributed by atoms with Crippen LogP contribution in [0.5, 0.6) is 0 Å². The molecule has 4 nitrogen and oxygen atoms in total. The predicted molar refractivity (Wildman–Crippen MR) is 55.7 cm³/mol. The van der Waals surface area contributed by atoms with Gasteiger partial charge in [-0.05, 0) is 28.1 Å². The van der Waals surface area contributed by atoms with E-state index in [1.807, 2.05) is 21.1 Å². The SMILES string of the molecule is CN(C)CCN(C)CC(C)(O)CN. The summed E-state index contributed by atoms with van der Waals surface area (Å²) < 4.78 is 0. The van der Waals surface area contributed by atoms with E-state index in [4.69, 9.17) is 5.73 Å². The van der Waals surface area contributed by atoms with Crippen LogP contribution in [0, 0.1) is 0 Å². The smallest absolute Gasteiger partial charge is 0.0867 e. The lowest BCUT2D eigenvalue weighted by Gasteiger charge is -2.28. The van der Waals surface area contributed by atoms with E-state index in [1.165, 1.54) is 0 Å². The molecule has 0 aromatic heterocycles. The summed E-state index contributed by atoms with van der Waals surface area (Å²) in [5.41, 5.74) is 4.66. The number of nitrogens with two attached hydrogens (primary N) is 1. The molecule has 80 valence electrons. The Hall–Kier alpha value is -0.160. The Morgan fingerprint density at radius 1 is 1.23 bits per heavy atom. The summed E-state index contributed by atoms with van der Waals surface area (Å²) in [6.45, 7) is 4.64. The maximum Gasteiger partial charge on any atom is 0.0867 e. The van der Waals surface area contributed by atoms with Crippen LogP contribution >= 0.6 is 0 Å². The third-order valence-electron chi connectivity index (χ3n) is 1.98. The minimum Gasteiger partial charge on any atom is -0.388 e. The second-order valence-electron chi connectivity index (χ2n) is 4.24. The molecule has 0 aliphatic carbocycles. The first-order valence-electron chi connectivity index (χ1n) is 4.63. The minimum absolute atomic E-state index is 0.305. The molecule has 0 rings (SSSR count). The summed E-state index contributed by atoms with van der Waals surface area (Å²) in [5, 5.41) is 9.68.